The van der Waals surface area contributed by atoms with Crippen molar-refractivity contribution in [2.24, 2.45) is 11.3 Å². The highest BCUT2D eigenvalue weighted by Gasteiger charge is 2.32. The molecule has 0 aromatic carbocycles. The number of ether oxygens (including phenoxy) is 1. The fourth-order valence-electron chi connectivity index (χ4n) is 1.37. The molecule has 0 aromatic rings. The maximum atomic E-state index is 11.5. The standard InChI is InChI=1S/C13H24O4/c1-9(11(15)16)13(5,6)8-7-10(14)17-12(2,3)4/h9H,7-8H2,1-6H3,(H,15,16). The largest absolute Gasteiger partial charge is 0.481 e. The number of hydrogen-bond donors (Lipinski definition) is 1. The Morgan fingerprint density at radius 2 is 1.65 bits per heavy atom. The number of esters is 1. The van der Waals surface area contributed by atoms with Gasteiger partial charge in [-0.25, -0.2) is 0 Å². The van der Waals surface area contributed by atoms with Crippen molar-refractivity contribution < 1.29 is 19.4 Å². The van der Waals surface area contributed by atoms with E-state index in [1.165, 1.54) is 0 Å². The molecule has 0 aliphatic rings. The van der Waals surface area contributed by atoms with E-state index >= 15 is 0 Å². The number of hydrogen-bond acceptors (Lipinski definition) is 3. The number of carbonyl (C=O) groups is 2. The summed E-state index contributed by atoms with van der Waals surface area (Å²) in [6, 6.07) is 0. The van der Waals surface area contributed by atoms with Crippen LogP contribution in [-0.4, -0.2) is 22.6 Å². The maximum absolute atomic E-state index is 11.5. The molecule has 0 saturated carbocycles. The second-order valence-electron chi connectivity index (χ2n) is 6.13. The van der Waals surface area contributed by atoms with Gasteiger partial charge in [0.1, 0.15) is 5.60 Å². The molecule has 0 radical (unpaired) electrons. The van der Waals surface area contributed by atoms with Gasteiger partial charge in [0.25, 0.3) is 0 Å². The molecule has 0 bridgehead atoms. The van der Waals surface area contributed by atoms with Gasteiger partial charge in [0.05, 0.1) is 5.92 Å². The van der Waals surface area contributed by atoms with E-state index in [9.17, 15) is 9.59 Å². The predicted octanol–water partition coefficient (Wildman–Crippen LogP) is 2.86. The van der Waals surface area contributed by atoms with Crippen LogP contribution in [0.25, 0.3) is 0 Å². The number of rotatable bonds is 5. The Morgan fingerprint density at radius 1 is 1.18 bits per heavy atom. The molecule has 100 valence electrons. The van der Waals surface area contributed by atoms with Crippen LogP contribution in [0.4, 0.5) is 0 Å². The third-order valence-corrected chi connectivity index (χ3v) is 2.94. The van der Waals surface area contributed by atoms with Gasteiger partial charge < -0.3 is 9.84 Å². The minimum Gasteiger partial charge on any atom is -0.481 e. The highest BCUT2D eigenvalue weighted by Crippen LogP contribution is 2.32. The van der Waals surface area contributed by atoms with E-state index in [1.807, 2.05) is 34.6 Å². The molecular formula is C13H24O4. The van der Waals surface area contributed by atoms with Crippen LogP contribution >= 0.6 is 0 Å². The first-order chi connectivity index (χ1) is 7.46. The molecule has 0 spiro atoms. The molecule has 0 aliphatic heterocycles. The molecule has 4 heteroatoms. The Hall–Kier alpha value is -1.06. The van der Waals surface area contributed by atoms with Gasteiger partial charge in [-0.15, -0.1) is 0 Å². The van der Waals surface area contributed by atoms with Crippen LogP contribution < -0.4 is 0 Å². The van der Waals surface area contributed by atoms with Gasteiger partial charge in [0.15, 0.2) is 0 Å². The van der Waals surface area contributed by atoms with Gasteiger partial charge in [0, 0.05) is 6.42 Å². The molecule has 0 amide bonds. The lowest BCUT2D eigenvalue weighted by Crippen LogP contribution is -2.30. The highest BCUT2D eigenvalue weighted by atomic mass is 16.6. The normalized spacial score (nSPS) is 14.2. The molecule has 0 aliphatic carbocycles. The Labute approximate surface area is 103 Å². The third kappa shape index (κ3) is 6.29. The highest BCUT2D eigenvalue weighted by molar-refractivity contribution is 5.71. The van der Waals surface area contributed by atoms with Crippen LogP contribution in [0.1, 0.15) is 54.4 Å². The topological polar surface area (TPSA) is 63.6 Å². The van der Waals surface area contributed by atoms with Crippen molar-refractivity contribution in [1.29, 1.82) is 0 Å². The summed E-state index contributed by atoms with van der Waals surface area (Å²) in [4.78, 5) is 22.4. The molecule has 0 aromatic heterocycles. The number of carboxylic acid groups (broad SMARTS) is 1. The van der Waals surface area contributed by atoms with Crippen molar-refractivity contribution in [2.45, 2.75) is 60.0 Å². The van der Waals surface area contributed by atoms with E-state index in [0.717, 1.165) is 0 Å². The van der Waals surface area contributed by atoms with E-state index in [1.54, 1.807) is 6.92 Å². The average molecular weight is 244 g/mol. The van der Waals surface area contributed by atoms with Crippen LogP contribution in [0.5, 0.6) is 0 Å². The van der Waals surface area contributed by atoms with Crippen molar-refractivity contribution in [2.75, 3.05) is 0 Å². The summed E-state index contributed by atoms with van der Waals surface area (Å²) in [6.45, 7) is 10.8. The zero-order chi connectivity index (χ0) is 13.9. The summed E-state index contributed by atoms with van der Waals surface area (Å²) in [5.41, 5.74) is -0.900. The lowest BCUT2D eigenvalue weighted by molar-refractivity contribution is -0.156. The van der Waals surface area contributed by atoms with Gasteiger partial charge in [0.2, 0.25) is 0 Å². The van der Waals surface area contributed by atoms with Crippen molar-refractivity contribution in [3.63, 3.8) is 0 Å². The molecule has 1 N–H and O–H groups in total. The minimum absolute atomic E-state index is 0.252. The van der Waals surface area contributed by atoms with Gasteiger partial charge in [-0.1, -0.05) is 20.8 Å². The van der Waals surface area contributed by atoms with Gasteiger partial charge in [-0.3, -0.25) is 9.59 Å². The molecule has 4 nitrogen and oxygen atoms in total. The van der Waals surface area contributed by atoms with Crippen molar-refractivity contribution in [3.05, 3.63) is 0 Å². The molecular weight excluding hydrogens is 220 g/mol. The molecule has 0 heterocycles. The quantitative estimate of drug-likeness (QED) is 0.755. The molecule has 1 unspecified atom stereocenters. The average Bonchev–Trinajstić information content (AvgIpc) is 2.11. The zero-order valence-corrected chi connectivity index (χ0v) is 11.7. The van der Waals surface area contributed by atoms with Gasteiger partial charge in [-0.2, -0.15) is 0 Å². The fourth-order valence-corrected chi connectivity index (χ4v) is 1.37. The maximum Gasteiger partial charge on any atom is 0.306 e. The summed E-state index contributed by atoms with van der Waals surface area (Å²) in [6.07, 6.45) is 0.761. The van der Waals surface area contributed by atoms with Crippen LogP contribution in [0, 0.1) is 11.3 Å². The molecule has 0 rings (SSSR count). The molecule has 0 fully saturated rings. The van der Waals surface area contributed by atoms with E-state index in [-0.39, 0.29) is 12.4 Å². The van der Waals surface area contributed by atoms with Crippen LogP contribution in [0.3, 0.4) is 0 Å². The molecule has 17 heavy (non-hydrogen) atoms. The van der Waals surface area contributed by atoms with Crippen LogP contribution in [-0.2, 0) is 14.3 Å². The zero-order valence-electron chi connectivity index (χ0n) is 11.7. The smallest absolute Gasteiger partial charge is 0.306 e. The summed E-state index contributed by atoms with van der Waals surface area (Å²) in [7, 11) is 0. The molecule has 1 atom stereocenters. The van der Waals surface area contributed by atoms with E-state index in [0.29, 0.717) is 6.42 Å². The second-order valence-corrected chi connectivity index (χ2v) is 6.13. The van der Waals surface area contributed by atoms with Gasteiger partial charge in [-0.05, 0) is 32.6 Å². The summed E-state index contributed by atoms with van der Waals surface area (Å²) >= 11 is 0. The monoisotopic (exact) mass is 244 g/mol. The Morgan fingerprint density at radius 3 is 2.00 bits per heavy atom. The SMILES string of the molecule is CC(C(=O)O)C(C)(C)CCC(=O)OC(C)(C)C. The minimum atomic E-state index is -0.834. The van der Waals surface area contributed by atoms with E-state index in [2.05, 4.69) is 0 Å². The predicted molar refractivity (Wildman–Crippen MR) is 65.7 cm³/mol. The Bertz CT molecular complexity index is 286. The van der Waals surface area contributed by atoms with Crippen LogP contribution in [0.15, 0.2) is 0 Å². The van der Waals surface area contributed by atoms with Crippen molar-refractivity contribution in [3.8, 4) is 0 Å². The summed E-state index contributed by atoms with van der Waals surface area (Å²) < 4.78 is 5.19. The Kier molecular flexibility index (Phi) is 5.17. The first kappa shape index (κ1) is 15.9. The molecule has 0 saturated heterocycles. The number of aliphatic carboxylic acids is 1. The first-order valence-electron chi connectivity index (χ1n) is 5.90. The summed E-state index contributed by atoms with van der Waals surface area (Å²) in [5.74, 6) is -1.59. The third-order valence-electron chi connectivity index (χ3n) is 2.94. The number of carboxylic acids is 1. The lowest BCUT2D eigenvalue weighted by atomic mass is 9.76. The number of carbonyl (C=O) groups excluding carboxylic acids is 1. The van der Waals surface area contributed by atoms with E-state index in [4.69, 9.17) is 9.84 Å². The van der Waals surface area contributed by atoms with Crippen LogP contribution in [0.2, 0.25) is 0 Å². The fraction of sp³-hybridized carbons (Fsp3) is 0.846. The lowest BCUT2D eigenvalue weighted by Gasteiger charge is -2.29. The van der Waals surface area contributed by atoms with Crippen molar-refractivity contribution in [1.82, 2.24) is 0 Å². The van der Waals surface area contributed by atoms with Crippen molar-refractivity contribution >= 4 is 11.9 Å². The first-order valence-corrected chi connectivity index (χ1v) is 5.90. The second kappa shape index (κ2) is 5.52. The van der Waals surface area contributed by atoms with E-state index < -0.39 is 22.9 Å². The Balaban J connectivity index is 4.28. The van der Waals surface area contributed by atoms with Gasteiger partial charge >= 0.3 is 11.9 Å². The summed E-state index contributed by atoms with van der Waals surface area (Å²) in [5, 5.41) is 8.95.